The highest BCUT2D eigenvalue weighted by molar-refractivity contribution is 5.22. The van der Waals surface area contributed by atoms with Crippen molar-refractivity contribution in [3.63, 3.8) is 0 Å². The van der Waals surface area contributed by atoms with Gasteiger partial charge in [-0.05, 0) is 23.0 Å². The van der Waals surface area contributed by atoms with Gasteiger partial charge in [-0.2, -0.15) is 0 Å². The van der Waals surface area contributed by atoms with Gasteiger partial charge >= 0.3 is 0 Å². The molecule has 1 aromatic rings. The van der Waals surface area contributed by atoms with Crippen LogP contribution < -0.4 is 5.32 Å². The van der Waals surface area contributed by atoms with Gasteiger partial charge in [-0.25, -0.2) is 0 Å². The molecule has 0 bridgehead atoms. The maximum absolute atomic E-state index is 5.76. The minimum absolute atomic E-state index is 0.350. The van der Waals surface area contributed by atoms with Crippen LogP contribution in [0.5, 0.6) is 0 Å². The Morgan fingerprint density at radius 2 is 1.84 bits per heavy atom. The van der Waals surface area contributed by atoms with Crippen molar-refractivity contribution in [2.75, 3.05) is 6.61 Å². The van der Waals surface area contributed by atoms with E-state index in [-0.39, 0.29) is 0 Å². The third-order valence-corrected chi connectivity index (χ3v) is 2.97. The summed E-state index contributed by atoms with van der Waals surface area (Å²) in [5.74, 6) is 0. The lowest BCUT2D eigenvalue weighted by molar-refractivity contribution is 0.0962. The number of benzene rings is 1. The first-order valence-corrected chi connectivity index (χ1v) is 7.26. The van der Waals surface area contributed by atoms with Gasteiger partial charge in [-0.3, -0.25) is 0 Å². The molecule has 1 rings (SSSR count). The van der Waals surface area contributed by atoms with Crippen molar-refractivity contribution in [1.29, 1.82) is 0 Å². The fourth-order valence-corrected chi connectivity index (χ4v) is 1.72. The quantitative estimate of drug-likeness (QED) is 0.747. The number of hydrogen-bond acceptors (Lipinski definition) is 2. The predicted octanol–water partition coefficient (Wildman–Crippen LogP) is 4.14. The zero-order valence-corrected chi connectivity index (χ0v) is 13.1. The molecule has 2 heteroatoms. The summed E-state index contributed by atoms with van der Waals surface area (Å²) in [4.78, 5) is 0. The van der Waals surface area contributed by atoms with E-state index in [0.717, 1.165) is 19.6 Å². The second-order valence-electron chi connectivity index (χ2n) is 6.72. The van der Waals surface area contributed by atoms with Gasteiger partial charge in [-0.1, -0.05) is 58.9 Å². The minimum Gasteiger partial charge on any atom is -0.377 e. The third kappa shape index (κ3) is 8.02. The Hall–Kier alpha value is -0.860. The molecule has 0 unspecified atom stereocenters. The summed E-state index contributed by atoms with van der Waals surface area (Å²) in [6.07, 6.45) is 1.10. The molecule has 0 saturated carbocycles. The first-order valence-electron chi connectivity index (χ1n) is 7.26. The molecular formula is C17H29NO. The molecule has 0 aliphatic rings. The van der Waals surface area contributed by atoms with E-state index < -0.39 is 0 Å². The van der Waals surface area contributed by atoms with Crippen molar-refractivity contribution in [2.24, 2.45) is 5.41 Å². The van der Waals surface area contributed by atoms with Crippen LogP contribution in [0.3, 0.4) is 0 Å². The molecular weight excluding hydrogens is 234 g/mol. The van der Waals surface area contributed by atoms with Gasteiger partial charge < -0.3 is 10.1 Å². The van der Waals surface area contributed by atoms with E-state index >= 15 is 0 Å². The van der Waals surface area contributed by atoms with Crippen LogP contribution in [0.15, 0.2) is 24.3 Å². The maximum atomic E-state index is 5.76. The van der Waals surface area contributed by atoms with Gasteiger partial charge in [0.05, 0.1) is 6.61 Å². The van der Waals surface area contributed by atoms with Crippen molar-refractivity contribution < 1.29 is 4.74 Å². The zero-order chi connectivity index (χ0) is 14.3. The van der Waals surface area contributed by atoms with E-state index in [1.54, 1.807) is 0 Å². The lowest BCUT2D eigenvalue weighted by Crippen LogP contribution is -2.21. The molecule has 1 aromatic carbocycles. The highest BCUT2D eigenvalue weighted by Gasteiger charge is 2.09. The molecule has 0 atom stereocenters. The Morgan fingerprint density at radius 3 is 2.47 bits per heavy atom. The summed E-state index contributed by atoms with van der Waals surface area (Å²) < 4.78 is 5.76. The van der Waals surface area contributed by atoms with Crippen LogP contribution in [0.25, 0.3) is 0 Å². The summed E-state index contributed by atoms with van der Waals surface area (Å²) in [7, 11) is 0. The summed E-state index contributed by atoms with van der Waals surface area (Å²) in [5, 5.41) is 3.44. The number of ether oxygens (including phenoxy) is 1. The Balaban J connectivity index is 2.35. The minimum atomic E-state index is 0.350. The molecule has 0 aliphatic heterocycles. The highest BCUT2D eigenvalue weighted by atomic mass is 16.5. The highest BCUT2D eigenvalue weighted by Crippen LogP contribution is 2.18. The van der Waals surface area contributed by atoms with Crippen molar-refractivity contribution in [3.05, 3.63) is 35.4 Å². The van der Waals surface area contributed by atoms with Gasteiger partial charge in [0.1, 0.15) is 0 Å². The van der Waals surface area contributed by atoms with E-state index in [1.165, 1.54) is 11.1 Å². The topological polar surface area (TPSA) is 21.3 Å². The third-order valence-electron chi connectivity index (χ3n) is 2.97. The van der Waals surface area contributed by atoms with E-state index in [0.29, 0.717) is 18.1 Å². The van der Waals surface area contributed by atoms with E-state index in [2.05, 4.69) is 64.2 Å². The van der Waals surface area contributed by atoms with Crippen molar-refractivity contribution in [2.45, 2.75) is 60.2 Å². The lowest BCUT2D eigenvalue weighted by Gasteiger charge is -2.17. The second kappa shape index (κ2) is 7.66. The first-order chi connectivity index (χ1) is 8.87. The zero-order valence-electron chi connectivity index (χ0n) is 13.1. The van der Waals surface area contributed by atoms with Crippen LogP contribution in [0.2, 0.25) is 0 Å². The van der Waals surface area contributed by atoms with Gasteiger partial charge in [0.25, 0.3) is 0 Å². The molecule has 0 radical (unpaired) electrons. The number of rotatable bonds is 7. The second-order valence-corrected chi connectivity index (χ2v) is 6.72. The average molecular weight is 263 g/mol. The largest absolute Gasteiger partial charge is 0.377 e. The van der Waals surface area contributed by atoms with Crippen LogP contribution in [-0.2, 0) is 17.9 Å². The van der Waals surface area contributed by atoms with E-state index in [1.807, 2.05) is 0 Å². The van der Waals surface area contributed by atoms with Crippen LogP contribution in [0.4, 0.5) is 0 Å². The fraction of sp³-hybridized carbons (Fsp3) is 0.647. The number of hydrogen-bond donors (Lipinski definition) is 1. The van der Waals surface area contributed by atoms with Crippen molar-refractivity contribution >= 4 is 0 Å². The fourth-order valence-electron chi connectivity index (χ4n) is 1.72. The van der Waals surface area contributed by atoms with E-state index in [9.17, 15) is 0 Å². The van der Waals surface area contributed by atoms with E-state index in [4.69, 9.17) is 4.74 Å². The molecule has 0 aliphatic carbocycles. The standard InChI is InChI=1S/C17H29NO/c1-14(2)18-12-15-7-6-8-16(11-15)13-19-10-9-17(3,4)5/h6-8,11,14,18H,9-10,12-13H2,1-5H3. The van der Waals surface area contributed by atoms with Gasteiger partial charge in [0.2, 0.25) is 0 Å². The van der Waals surface area contributed by atoms with Crippen LogP contribution >= 0.6 is 0 Å². The molecule has 0 amide bonds. The Bertz CT molecular complexity index is 366. The summed E-state index contributed by atoms with van der Waals surface area (Å²) in [6.45, 7) is 13.5. The summed E-state index contributed by atoms with van der Waals surface area (Å²) in [5.41, 5.74) is 2.94. The molecule has 0 saturated heterocycles. The van der Waals surface area contributed by atoms with Crippen LogP contribution in [0, 0.1) is 5.41 Å². The van der Waals surface area contributed by atoms with Crippen LogP contribution in [-0.4, -0.2) is 12.6 Å². The molecule has 0 spiro atoms. The molecule has 0 aromatic heterocycles. The SMILES string of the molecule is CC(C)NCc1cccc(COCCC(C)(C)C)c1. The van der Waals surface area contributed by atoms with Gasteiger partial charge in [0.15, 0.2) is 0 Å². The smallest absolute Gasteiger partial charge is 0.0716 e. The normalized spacial score (nSPS) is 12.1. The van der Waals surface area contributed by atoms with Crippen LogP contribution in [0.1, 0.15) is 52.2 Å². The van der Waals surface area contributed by atoms with Gasteiger partial charge in [0, 0.05) is 19.2 Å². The van der Waals surface area contributed by atoms with Crippen molar-refractivity contribution in [3.8, 4) is 0 Å². The first kappa shape index (κ1) is 16.2. The Labute approximate surface area is 118 Å². The molecule has 108 valence electrons. The maximum Gasteiger partial charge on any atom is 0.0716 e. The van der Waals surface area contributed by atoms with Gasteiger partial charge in [-0.15, -0.1) is 0 Å². The monoisotopic (exact) mass is 263 g/mol. The predicted molar refractivity (Wildman–Crippen MR) is 82.1 cm³/mol. The molecule has 0 heterocycles. The Kier molecular flexibility index (Phi) is 6.53. The Morgan fingerprint density at radius 1 is 1.16 bits per heavy atom. The molecule has 19 heavy (non-hydrogen) atoms. The molecule has 2 nitrogen and oxygen atoms in total. The summed E-state index contributed by atoms with van der Waals surface area (Å²) >= 11 is 0. The summed E-state index contributed by atoms with van der Waals surface area (Å²) in [6, 6.07) is 9.16. The number of nitrogens with one attached hydrogen (secondary N) is 1. The molecule has 0 fully saturated rings. The lowest BCUT2D eigenvalue weighted by atomic mass is 9.93. The van der Waals surface area contributed by atoms with Crippen molar-refractivity contribution in [1.82, 2.24) is 5.32 Å². The molecule has 1 N–H and O–H groups in total. The average Bonchev–Trinajstić information content (AvgIpc) is 2.32.